The smallest absolute Gasteiger partial charge is 0.0587 e. The Balaban J connectivity index is 2.49. The number of hydrogen-bond acceptors (Lipinski definition) is 3. The third-order valence-electron chi connectivity index (χ3n) is 2.70. The van der Waals surface area contributed by atoms with Crippen molar-refractivity contribution in [3.05, 3.63) is 24.3 Å². The van der Waals surface area contributed by atoms with Gasteiger partial charge in [-0.05, 0) is 25.3 Å². The molecule has 84 valence electrons. The number of nitrogens with zero attached hydrogens (tertiary/aromatic N) is 2. The topological polar surface area (TPSA) is 37.8 Å². The molecule has 0 aliphatic rings. The Morgan fingerprint density at radius 3 is 2.53 bits per heavy atom. The average molecular weight is 207 g/mol. The lowest BCUT2D eigenvalue weighted by molar-refractivity contribution is 0.267. The minimum atomic E-state index is 0.289. The van der Waals surface area contributed by atoms with Crippen LogP contribution in [0.15, 0.2) is 18.6 Å². The van der Waals surface area contributed by atoms with Crippen LogP contribution in [0.5, 0.6) is 0 Å². The molecular weight excluding hydrogens is 186 g/mol. The van der Waals surface area contributed by atoms with E-state index in [0.717, 1.165) is 18.5 Å². The molecule has 15 heavy (non-hydrogen) atoms. The van der Waals surface area contributed by atoms with Crippen molar-refractivity contribution >= 4 is 0 Å². The first-order chi connectivity index (χ1) is 7.04. The van der Waals surface area contributed by atoms with E-state index >= 15 is 0 Å². The fourth-order valence-electron chi connectivity index (χ4n) is 1.76. The van der Waals surface area contributed by atoms with E-state index in [-0.39, 0.29) is 5.41 Å². The van der Waals surface area contributed by atoms with E-state index in [1.165, 1.54) is 0 Å². The van der Waals surface area contributed by atoms with Gasteiger partial charge in [-0.2, -0.15) is 0 Å². The minimum absolute atomic E-state index is 0.289. The summed E-state index contributed by atoms with van der Waals surface area (Å²) in [7, 11) is 2.02. The van der Waals surface area contributed by atoms with Crippen LogP contribution in [0.2, 0.25) is 0 Å². The molecule has 1 aromatic heterocycles. The van der Waals surface area contributed by atoms with Crippen LogP contribution in [0.25, 0.3) is 0 Å². The molecule has 0 saturated carbocycles. The van der Waals surface area contributed by atoms with Crippen LogP contribution in [0.1, 0.15) is 32.9 Å². The molecule has 1 rings (SSSR count). The Bertz CT molecular complexity index is 277. The van der Waals surface area contributed by atoms with Gasteiger partial charge >= 0.3 is 0 Å². The molecule has 0 aliphatic carbocycles. The fraction of sp³-hybridized carbons (Fsp3) is 0.667. The van der Waals surface area contributed by atoms with Crippen LogP contribution >= 0.6 is 0 Å². The number of rotatable bonds is 4. The minimum Gasteiger partial charge on any atom is -0.316 e. The van der Waals surface area contributed by atoms with E-state index in [2.05, 4.69) is 36.1 Å². The molecule has 1 unspecified atom stereocenters. The Hall–Kier alpha value is -0.960. The van der Waals surface area contributed by atoms with Gasteiger partial charge in [0.15, 0.2) is 0 Å². The predicted molar refractivity (Wildman–Crippen MR) is 62.7 cm³/mol. The summed E-state index contributed by atoms with van der Waals surface area (Å²) in [6, 6.07) is 0.513. The molecule has 0 amide bonds. The molecule has 0 radical (unpaired) electrons. The first-order valence-electron chi connectivity index (χ1n) is 5.46. The third kappa shape index (κ3) is 3.96. The summed E-state index contributed by atoms with van der Waals surface area (Å²) in [6.45, 7) is 6.76. The van der Waals surface area contributed by atoms with Gasteiger partial charge < -0.3 is 5.32 Å². The van der Waals surface area contributed by atoms with E-state index in [1.54, 1.807) is 12.4 Å². The zero-order chi connectivity index (χ0) is 11.3. The molecule has 0 saturated heterocycles. The van der Waals surface area contributed by atoms with Crippen LogP contribution in [-0.2, 0) is 6.42 Å². The van der Waals surface area contributed by atoms with Gasteiger partial charge in [-0.1, -0.05) is 20.8 Å². The Morgan fingerprint density at radius 2 is 2.07 bits per heavy atom. The Labute approximate surface area is 92.3 Å². The molecule has 1 aromatic rings. The maximum atomic E-state index is 4.28. The van der Waals surface area contributed by atoms with Crippen molar-refractivity contribution in [2.75, 3.05) is 7.05 Å². The van der Waals surface area contributed by atoms with Gasteiger partial charge in [-0.15, -0.1) is 0 Å². The average Bonchev–Trinajstić information content (AvgIpc) is 2.18. The number of hydrogen-bond donors (Lipinski definition) is 1. The SMILES string of the molecule is CNC(CCc1cnccn1)C(C)(C)C. The zero-order valence-electron chi connectivity index (χ0n) is 10.1. The Morgan fingerprint density at radius 1 is 1.33 bits per heavy atom. The van der Waals surface area contributed by atoms with Crippen LogP contribution in [-0.4, -0.2) is 23.1 Å². The second-order valence-electron chi connectivity index (χ2n) is 4.94. The predicted octanol–water partition coefficient (Wildman–Crippen LogP) is 2.04. The van der Waals surface area contributed by atoms with Gasteiger partial charge in [-0.25, -0.2) is 0 Å². The van der Waals surface area contributed by atoms with Crippen LogP contribution in [0.3, 0.4) is 0 Å². The van der Waals surface area contributed by atoms with E-state index in [0.29, 0.717) is 6.04 Å². The maximum absolute atomic E-state index is 4.28. The molecular formula is C12H21N3. The summed E-state index contributed by atoms with van der Waals surface area (Å²) < 4.78 is 0. The molecule has 0 spiro atoms. The highest BCUT2D eigenvalue weighted by Gasteiger charge is 2.22. The maximum Gasteiger partial charge on any atom is 0.0587 e. The standard InChI is InChI=1S/C12H21N3/c1-12(2,3)11(13-4)6-5-10-9-14-7-8-15-10/h7-9,11,13H,5-6H2,1-4H3. The van der Waals surface area contributed by atoms with Gasteiger partial charge in [0.25, 0.3) is 0 Å². The Kier molecular flexibility index (Phi) is 4.21. The first-order valence-corrected chi connectivity index (χ1v) is 5.46. The third-order valence-corrected chi connectivity index (χ3v) is 2.70. The van der Waals surface area contributed by atoms with Crippen LogP contribution in [0.4, 0.5) is 0 Å². The summed E-state index contributed by atoms with van der Waals surface area (Å²) >= 11 is 0. The number of aromatic nitrogens is 2. The quantitative estimate of drug-likeness (QED) is 0.821. The van der Waals surface area contributed by atoms with Crippen molar-refractivity contribution in [2.24, 2.45) is 5.41 Å². The highest BCUT2D eigenvalue weighted by molar-refractivity contribution is 4.96. The van der Waals surface area contributed by atoms with Crippen molar-refractivity contribution in [3.8, 4) is 0 Å². The molecule has 1 atom stereocenters. The van der Waals surface area contributed by atoms with E-state index < -0.39 is 0 Å². The lowest BCUT2D eigenvalue weighted by Crippen LogP contribution is -2.38. The molecule has 0 bridgehead atoms. The van der Waals surface area contributed by atoms with E-state index in [9.17, 15) is 0 Å². The molecule has 1 heterocycles. The molecule has 0 fully saturated rings. The molecule has 3 nitrogen and oxygen atoms in total. The van der Waals surface area contributed by atoms with E-state index in [4.69, 9.17) is 0 Å². The number of aryl methyl sites for hydroxylation is 1. The van der Waals surface area contributed by atoms with Gasteiger partial charge in [-0.3, -0.25) is 9.97 Å². The highest BCUT2D eigenvalue weighted by atomic mass is 14.9. The number of nitrogens with one attached hydrogen (secondary N) is 1. The zero-order valence-corrected chi connectivity index (χ0v) is 10.1. The highest BCUT2D eigenvalue weighted by Crippen LogP contribution is 2.22. The normalized spacial score (nSPS) is 13.9. The lowest BCUT2D eigenvalue weighted by atomic mass is 9.84. The molecule has 0 aromatic carbocycles. The summed E-state index contributed by atoms with van der Waals surface area (Å²) in [4.78, 5) is 8.34. The molecule has 3 heteroatoms. The van der Waals surface area contributed by atoms with Gasteiger partial charge in [0.2, 0.25) is 0 Å². The molecule has 1 N–H and O–H groups in total. The summed E-state index contributed by atoms with van der Waals surface area (Å²) in [5, 5.41) is 3.36. The summed E-state index contributed by atoms with van der Waals surface area (Å²) in [5.74, 6) is 0. The van der Waals surface area contributed by atoms with Crippen molar-refractivity contribution in [1.29, 1.82) is 0 Å². The summed E-state index contributed by atoms with van der Waals surface area (Å²) in [6.07, 6.45) is 7.38. The monoisotopic (exact) mass is 207 g/mol. The lowest BCUT2D eigenvalue weighted by Gasteiger charge is -2.30. The van der Waals surface area contributed by atoms with Crippen molar-refractivity contribution < 1.29 is 0 Å². The van der Waals surface area contributed by atoms with Crippen LogP contribution in [0, 0.1) is 5.41 Å². The van der Waals surface area contributed by atoms with Crippen molar-refractivity contribution in [3.63, 3.8) is 0 Å². The largest absolute Gasteiger partial charge is 0.316 e. The van der Waals surface area contributed by atoms with E-state index in [1.807, 2.05) is 13.2 Å². The second kappa shape index (κ2) is 5.21. The first kappa shape index (κ1) is 12.1. The fourth-order valence-corrected chi connectivity index (χ4v) is 1.76. The van der Waals surface area contributed by atoms with Crippen molar-refractivity contribution in [2.45, 2.75) is 39.7 Å². The van der Waals surface area contributed by atoms with Gasteiger partial charge in [0, 0.05) is 24.6 Å². The second-order valence-corrected chi connectivity index (χ2v) is 4.94. The molecule has 0 aliphatic heterocycles. The van der Waals surface area contributed by atoms with Crippen LogP contribution < -0.4 is 5.32 Å². The van der Waals surface area contributed by atoms with Gasteiger partial charge in [0.05, 0.1) is 5.69 Å². The van der Waals surface area contributed by atoms with Crippen molar-refractivity contribution in [1.82, 2.24) is 15.3 Å². The van der Waals surface area contributed by atoms with Gasteiger partial charge in [0.1, 0.15) is 0 Å². The summed E-state index contributed by atoms with van der Waals surface area (Å²) in [5.41, 5.74) is 1.36.